The molecule has 0 fully saturated rings. The molecule has 2 rings (SSSR count). The standard InChI is InChI=1S/C18H18Cl2N2O3/c1-3-25-15-7-5-14(6-8-15)21-18(24)11-22(12(2)23)17-9-4-13(19)10-16(17)20/h4-10H,3,11H2,1-2H3,(H,21,24). The Morgan fingerprint density at radius 2 is 1.80 bits per heavy atom. The van der Waals surface area contributed by atoms with Crippen LogP contribution in [-0.4, -0.2) is 25.0 Å². The van der Waals surface area contributed by atoms with Gasteiger partial charge in [0.15, 0.2) is 0 Å². The average molecular weight is 381 g/mol. The van der Waals surface area contributed by atoms with E-state index in [0.717, 1.165) is 5.75 Å². The van der Waals surface area contributed by atoms with E-state index in [-0.39, 0.29) is 18.4 Å². The van der Waals surface area contributed by atoms with Crippen LogP contribution in [0.2, 0.25) is 10.0 Å². The third-order valence-corrected chi connectivity index (χ3v) is 3.87. The summed E-state index contributed by atoms with van der Waals surface area (Å²) in [7, 11) is 0. The number of hydrogen-bond acceptors (Lipinski definition) is 3. The maximum Gasteiger partial charge on any atom is 0.244 e. The number of ether oxygens (including phenoxy) is 1. The Morgan fingerprint density at radius 1 is 1.12 bits per heavy atom. The molecule has 132 valence electrons. The Bertz CT molecular complexity index is 763. The number of anilines is 2. The van der Waals surface area contributed by atoms with Gasteiger partial charge >= 0.3 is 0 Å². The number of amides is 2. The van der Waals surface area contributed by atoms with Gasteiger partial charge in [0.2, 0.25) is 11.8 Å². The van der Waals surface area contributed by atoms with Gasteiger partial charge in [0.1, 0.15) is 12.3 Å². The molecule has 7 heteroatoms. The molecule has 2 amide bonds. The third-order valence-electron chi connectivity index (χ3n) is 3.33. The summed E-state index contributed by atoms with van der Waals surface area (Å²) in [6.45, 7) is 3.67. The number of carbonyl (C=O) groups is 2. The molecule has 1 N–H and O–H groups in total. The van der Waals surface area contributed by atoms with Gasteiger partial charge in [-0.15, -0.1) is 0 Å². The van der Waals surface area contributed by atoms with Crippen molar-refractivity contribution >= 4 is 46.4 Å². The molecule has 0 spiro atoms. The van der Waals surface area contributed by atoms with E-state index >= 15 is 0 Å². The molecule has 0 saturated heterocycles. The molecule has 0 aliphatic rings. The number of carbonyl (C=O) groups excluding carboxylic acids is 2. The van der Waals surface area contributed by atoms with Gasteiger partial charge in [0.25, 0.3) is 0 Å². The van der Waals surface area contributed by atoms with Crippen molar-refractivity contribution in [3.8, 4) is 5.75 Å². The first-order valence-corrected chi connectivity index (χ1v) is 8.42. The molecule has 0 heterocycles. The van der Waals surface area contributed by atoms with E-state index in [9.17, 15) is 9.59 Å². The van der Waals surface area contributed by atoms with Gasteiger partial charge in [0, 0.05) is 17.6 Å². The first-order chi connectivity index (χ1) is 11.9. The summed E-state index contributed by atoms with van der Waals surface area (Å²) in [5, 5.41) is 3.50. The van der Waals surface area contributed by atoms with Crippen LogP contribution in [0.15, 0.2) is 42.5 Å². The molecule has 2 aromatic rings. The zero-order chi connectivity index (χ0) is 18.4. The summed E-state index contributed by atoms with van der Waals surface area (Å²) in [6, 6.07) is 11.7. The van der Waals surface area contributed by atoms with Crippen molar-refractivity contribution in [2.75, 3.05) is 23.4 Å². The van der Waals surface area contributed by atoms with E-state index in [2.05, 4.69) is 5.32 Å². The Hall–Kier alpha value is -2.24. The van der Waals surface area contributed by atoms with Gasteiger partial charge in [0.05, 0.1) is 17.3 Å². The minimum Gasteiger partial charge on any atom is -0.494 e. The van der Waals surface area contributed by atoms with Crippen molar-refractivity contribution in [3.63, 3.8) is 0 Å². The van der Waals surface area contributed by atoms with Gasteiger partial charge in [-0.1, -0.05) is 23.2 Å². The summed E-state index contributed by atoms with van der Waals surface area (Å²) in [4.78, 5) is 25.5. The second kappa shape index (κ2) is 8.74. The number of nitrogens with one attached hydrogen (secondary N) is 1. The topological polar surface area (TPSA) is 58.6 Å². The van der Waals surface area contributed by atoms with Crippen LogP contribution in [0.3, 0.4) is 0 Å². The smallest absolute Gasteiger partial charge is 0.244 e. The Balaban J connectivity index is 2.08. The molecule has 0 aromatic heterocycles. The number of rotatable bonds is 6. The minimum absolute atomic E-state index is 0.163. The molecule has 0 atom stereocenters. The predicted octanol–water partition coefficient (Wildman–Crippen LogP) is 4.38. The van der Waals surface area contributed by atoms with Crippen LogP contribution >= 0.6 is 23.2 Å². The van der Waals surface area contributed by atoms with Crippen LogP contribution in [0.1, 0.15) is 13.8 Å². The first kappa shape index (κ1) is 19.1. The van der Waals surface area contributed by atoms with Crippen LogP contribution in [0, 0.1) is 0 Å². The molecule has 25 heavy (non-hydrogen) atoms. The zero-order valence-corrected chi connectivity index (χ0v) is 15.4. The SMILES string of the molecule is CCOc1ccc(NC(=O)CN(C(C)=O)c2ccc(Cl)cc2Cl)cc1. The predicted molar refractivity (Wildman–Crippen MR) is 101 cm³/mol. The van der Waals surface area contributed by atoms with Crippen molar-refractivity contribution in [2.24, 2.45) is 0 Å². The molecule has 2 aromatic carbocycles. The van der Waals surface area contributed by atoms with Crippen LogP contribution in [-0.2, 0) is 9.59 Å². The van der Waals surface area contributed by atoms with Crippen molar-refractivity contribution in [3.05, 3.63) is 52.5 Å². The zero-order valence-electron chi connectivity index (χ0n) is 13.9. The highest BCUT2D eigenvalue weighted by Crippen LogP contribution is 2.29. The second-order valence-corrected chi connectivity index (χ2v) is 6.05. The fourth-order valence-corrected chi connectivity index (χ4v) is 2.72. The summed E-state index contributed by atoms with van der Waals surface area (Å²) in [6.07, 6.45) is 0. The van der Waals surface area contributed by atoms with Gasteiger partial charge in [-0.25, -0.2) is 0 Å². The Morgan fingerprint density at radius 3 is 2.36 bits per heavy atom. The first-order valence-electron chi connectivity index (χ1n) is 7.66. The van der Waals surface area contributed by atoms with Gasteiger partial charge < -0.3 is 15.0 Å². The van der Waals surface area contributed by atoms with Gasteiger partial charge in [-0.3, -0.25) is 9.59 Å². The summed E-state index contributed by atoms with van der Waals surface area (Å²) < 4.78 is 5.35. The van der Waals surface area contributed by atoms with Gasteiger partial charge in [-0.2, -0.15) is 0 Å². The van der Waals surface area contributed by atoms with Crippen LogP contribution in [0.5, 0.6) is 5.75 Å². The molecule has 5 nitrogen and oxygen atoms in total. The van der Waals surface area contributed by atoms with Crippen LogP contribution < -0.4 is 15.0 Å². The fourth-order valence-electron chi connectivity index (χ4n) is 2.21. The maximum absolute atomic E-state index is 12.3. The molecular formula is C18H18Cl2N2O3. The average Bonchev–Trinajstić information content (AvgIpc) is 2.55. The quantitative estimate of drug-likeness (QED) is 0.808. The molecular weight excluding hydrogens is 363 g/mol. The lowest BCUT2D eigenvalue weighted by molar-refractivity contribution is -0.120. The van der Waals surface area contributed by atoms with Crippen molar-refractivity contribution in [1.29, 1.82) is 0 Å². The summed E-state index contributed by atoms with van der Waals surface area (Å²) in [5.41, 5.74) is 1.04. The Kier molecular flexibility index (Phi) is 6.67. The van der Waals surface area contributed by atoms with Crippen LogP contribution in [0.25, 0.3) is 0 Å². The van der Waals surface area contributed by atoms with Crippen molar-refractivity contribution in [2.45, 2.75) is 13.8 Å². The van der Waals surface area contributed by atoms with Crippen molar-refractivity contribution < 1.29 is 14.3 Å². The van der Waals surface area contributed by atoms with E-state index < -0.39 is 0 Å². The highest BCUT2D eigenvalue weighted by atomic mass is 35.5. The third kappa shape index (κ3) is 5.37. The number of hydrogen-bond donors (Lipinski definition) is 1. The molecule has 0 aliphatic carbocycles. The number of halogens is 2. The number of benzene rings is 2. The molecule has 0 aliphatic heterocycles. The van der Waals surface area contributed by atoms with E-state index in [1.54, 1.807) is 36.4 Å². The highest BCUT2D eigenvalue weighted by molar-refractivity contribution is 6.36. The van der Waals surface area contributed by atoms with E-state index in [0.29, 0.717) is 28.0 Å². The highest BCUT2D eigenvalue weighted by Gasteiger charge is 2.18. The summed E-state index contributed by atoms with van der Waals surface area (Å²) in [5.74, 6) is 0.0789. The lowest BCUT2D eigenvalue weighted by atomic mass is 10.2. The molecule has 0 saturated carbocycles. The molecule has 0 bridgehead atoms. The monoisotopic (exact) mass is 380 g/mol. The minimum atomic E-state index is -0.342. The fraction of sp³-hybridized carbons (Fsp3) is 0.222. The Labute approximate surface area is 156 Å². The lowest BCUT2D eigenvalue weighted by Gasteiger charge is -2.22. The van der Waals surface area contributed by atoms with Crippen molar-refractivity contribution in [1.82, 2.24) is 0 Å². The second-order valence-electron chi connectivity index (χ2n) is 5.21. The molecule has 0 unspecified atom stereocenters. The van der Waals surface area contributed by atoms with Crippen LogP contribution in [0.4, 0.5) is 11.4 Å². The van der Waals surface area contributed by atoms with Gasteiger partial charge in [-0.05, 0) is 49.4 Å². The normalized spacial score (nSPS) is 10.2. The van der Waals surface area contributed by atoms with E-state index in [1.807, 2.05) is 6.92 Å². The largest absolute Gasteiger partial charge is 0.494 e. The number of nitrogens with zero attached hydrogens (tertiary/aromatic N) is 1. The maximum atomic E-state index is 12.3. The lowest BCUT2D eigenvalue weighted by Crippen LogP contribution is -2.36. The molecule has 0 radical (unpaired) electrons. The van der Waals surface area contributed by atoms with E-state index in [4.69, 9.17) is 27.9 Å². The van der Waals surface area contributed by atoms with E-state index in [1.165, 1.54) is 17.9 Å². The summed E-state index contributed by atoms with van der Waals surface area (Å²) >= 11 is 12.0.